The maximum absolute atomic E-state index is 9.90. The number of aliphatic hydroxyl groups excluding tert-OH is 2. The Morgan fingerprint density at radius 3 is 2.67 bits per heavy atom. The van der Waals surface area contributed by atoms with Crippen LogP contribution in [0.4, 0.5) is 5.69 Å². The summed E-state index contributed by atoms with van der Waals surface area (Å²) < 4.78 is 0. The Morgan fingerprint density at radius 2 is 2.07 bits per heavy atom. The van der Waals surface area contributed by atoms with Gasteiger partial charge >= 0.3 is 0 Å². The van der Waals surface area contributed by atoms with Crippen molar-refractivity contribution in [2.75, 3.05) is 32.5 Å². The van der Waals surface area contributed by atoms with Crippen LogP contribution < -0.4 is 5.73 Å². The van der Waals surface area contributed by atoms with E-state index in [1.54, 1.807) is 6.07 Å². The third-order valence-electron chi connectivity index (χ3n) is 2.32. The zero-order valence-corrected chi connectivity index (χ0v) is 8.93. The van der Waals surface area contributed by atoms with Gasteiger partial charge in [-0.15, -0.1) is 0 Å². The van der Waals surface area contributed by atoms with Crippen molar-refractivity contribution in [1.29, 1.82) is 0 Å². The van der Waals surface area contributed by atoms with Crippen LogP contribution >= 0.6 is 0 Å². The van der Waals surface area contributed by atoms with Crippen LogP contribution in [0.2, 0.25) is 0 Å². The molecule has 4 nitrogen and oxygen atoms in total. The fraction of sp³-hybridized carbons (Fsp3) is 0.455. The molecule has 0 fully saturated rings. The van der Waals surface area contributed by atoms with Crippen LogP contribution in [0.25, 0.3) is 0 Å². The molecule has 0 spiro atoms. The summed E-state index contributed by atoms with van der Waals surface area (Å²) in [6.45, 7) is 1.10. The van der Waals surface area contributed by atoms with Crippen molar-refractivity contribution in [1.82, 2.24) is 4.90 Å². The van der Waals surface area contributed by atoms with Crippen LogP contribution in [0.1, 0.15) is 11.7 Å². The molecule has 4 N–H and O–H groups in total. The van der Waals surface area contributed by atoms with Crippen LogP contribution in [0.15, 0.2) is 24.3 Å². The molecule has 4 heteroatoms. The highest BCUT2D eigenvalue weighted by Crippen LogP contribution is 2.20. The van der Waals surface area contributed by atoms with Crippen molar-refractivity contribution in [3.8, 4) is 0 Å². The van der Waals surface area contributed by atoms with Gasteiger partial charge in [-0.1, -0.05) is 18.2 Å². The number of anilines is 1. The highest BCUT2D eigenvalue weighted by molar-refractivity contribution is 5.47. The molecule has 0 aromatic heterocycles. The number of nitrogens with zero attached hydrogens (tertiary/aromatic N) is 1. The van der Waals surface area contributed by atoms with Gasteiger partial charge < -0.3 is 20.8 Å². The number of nitrogen functional groups attached to an aromatic ring is 1. The summed E-state index contributed by atoms with van der Waals surface area (Å²) >= 11 is 0. The van der Waals surface area contributed by atoms with E-state index in [1.807, 2.05) is 30.1 Å². The van der Waals surface area contributed by atoms with E-state index in [-0.39, 0.29) is 6.61 Å². The van der Waals surface area contributed by atoms with E-state index in [1.165, 1.54) is 0 Å². The minimum Gasteiger partial charge on any atom is -0.398 e. The summed E-state index contributed by atoms with van der Waals surface area (Å²) in [6, 6.07) is 7.27. The number of rotatable bonds is 5. The van der Waals surface area contributed by atoms with E-state index in [0.717, 1.165) is 5.56 Å². The van der Waals surface area contributed by atoms with Gasteiger partial charge in [-0.2, -0.15) is 0 Å². The zero-order valence-electron chi connectivity index (χ0n) is 8.93. The van der Waals surface area contributed by atoms with Gasteiger partial charge in [0, 0.05) is 24.3 Å². The molecule has 84 valence electrons. The van der Waals surface area contributed by atoms with Crippen LogP contribution in [-0.4, -0.2) is 41.9 Å². The maximum Gasteiger partial charge on any atom is 0.0936 e. The monoisotopic (exact) mass is 210 g/mol. The number of para-hydroxylation sites is 1. The van der Waals surface area contributed by atoms with Crippen LogP contribution in [0.3, 0.4) is 0 Å². The first-order chi connectivity index (χ1) is 7.15. The minimum atomic E-state index is -0.609. The van der Waals surface area contributed by atoms with Gasteiger partial charge in [-0.05, 0) is 13.1 Å². The second-order valence-electron chi connectivity index (χ2n) is 3.63. The van der Waals surface area contributed by atoms with Gasteiger partial charge in [0.2, 0.25) is 0 Å². The fourth-order valence-corrected chi connectivity index (χ4v) is 1.47. The Hall–Kier alpha value is -1.10. The lowest BCUT2D eigenvalue weighted by Crippen LogP contribution is -2.27. The lowest BCUT2D eigenvalue weighted by atomic mass is 10.1. The van der Waals surface area contributed by atoms with E-state index >= 15 is 0 Å². The quantitative estimate of drug-likeness (QED) is 0.608. The smallest absolute Gasteiger partial charge is 0.0936 e. The highest BCUT2D eigenvalue weighted by atomic mass is 16.3. The van der Waals surface area contributed by atoms with Crippen molar-refractivity contribution >= 4 is 5.69 Å². The molecule has 0 aliphatic carbocycles. The second kappa shape index (κ2) is 5.70. The van der Waals surface area contributed by atoms with Crippen molar-refractivity contribution < 1.29 is 10.2 Å². The van der Waals surface area contributed by atoms with Gasteiger partial charge in [-0.25, -0.2) is 0 Å². The summed E-state index contributed by atoms with van der Waals surface area (Å²) in [5, 5.41) is 18.6. The third-order valence-corrected chi connectivity index (χ3v) is 2.32. The molecule has 0 amide bonds. The van der Waals surface area contributed by atoms with Crippen molar-refractivity contribution in [2.24, 2.45) is 0 Å². The number of nitrogens with two attached hydrogens (primary N) is 1. The SMILES string of the molecule is CN(CCO)CC(O)c1ccccc1N. The first-order valence-corrected chi connectivity index (χ1v) is 4.97. The second-order valence-corrected chi connectivity index (χ2v) is 3.63. The Kier molecular flexibility index (Phi) is 4.55. The molecule has 1 atom stereocenters. The minimum absolute atomic E-state index is 0.0908. The number of benzene rings is 1. The maximum atomic E-state index is 9.90. The number of likely N-dealkylation sites (N-methyl/N-ethyl adjacent to an activating group) is 1. The predicted octanol–water partition coefficient (Wildman–Crippen LogP) is 0.226. The molecule has 0 bridgehead atoms. The van der Waals surface area contributed by atoms with E-state index < -0.39 is 6.10 Å². The van der Waals surface area contributed by atoms with Gasteiger partial charge in [0.05, 0.1) is 12.7 Å². The Balaban J connectivity index is 2.61. The van der Waals surface area contributed by atoms with Crippen molar-refractivity contribution in [3.63, 3.8) is 0 Å². The molecule has 15 heavy (non-hydrogen) atoms. The average Bonchev–Trinajstić information content (AvgIpc) is 2.18. The molecule has 0 saturated heterocycles. The summed E-state index contributed by atoms with van der Waals surface area (Å²) in [7, 11) is 1.85. The first-order valence-electron chi connectivity index (χ1n) is 4.97. The van der Waals surface area contributed by atoms with E-state index in [4.69, 9.17) is 10.8 Å². The predicted molar refractivity (Wildman–Crippen MR) is 60.4 cm³/mol. The lowest BCUT2D eigenvalue weighted by Gasteiger charge is -2.20. The normalized spacial score (nSPS) is 13.1. The van der Waals surface area contributed by atoms with Crippen LogP contribution in [-0.2, 0) is 0 Å². The van der Waals surface area contributed by atoms with Gasteiger partial charge in [0.25, 0.3) is 0 Å². The van der Waals surface area contributed by atoms with Gasteiger partial charge in [0.15, 0.2) is 0 Å². The average molecular weight is 210 g/mol. The van der Waals surface area contributed by atoms with Crippen LogP contribution in [0.5, 0.6) is 0 Å². The Labute approximate surface area is 89.9 Å². The molecule has 1 aromatic rings. The van der Waals surface area contributed by atoms with Crippen molar-refractivity contribution in [2.45, 2.75) is 6.10 Å². The largest absolute Gasteiger partial charge is 0.398 e. The van der Waals surface area contributed by atoms with Crippen LogP contribution in [0, 0.1) is 0 Å². The summed E-state index contributed by atoms with van der Waals surface area (Å²) in [5.74, 6) is 0. The molecule has 0 radical (unpaired) electrons. The summed E-state index contributed by atoms with van der Waals surface area (Å²) in [5.41, 5.74) is 7.08. The molecule has 0 heterocycles. The first kappa shape index (κ1) is 12.0. The summed E-state index contributed by atoms with van der Waals surface area (Å²) in [6.07, 6.45) is -0.609. The van der Waals surface area contributed by atoms with Crippen molar-refractivity contribution in [3.05, 3.63) is 29.8 Å². The van der Waals surface area contributed by atoms with Gasteiger partial charge in [0.1, 0.15) is 0 Å². The van der Waals surface area contributed by atoms with Gasteiger partial charge in [-0.3, -0.25) is 0 Å². The molecule has 0 aliphatic rings. The molecule has 0 aliphatic heterocycles. The molecular weight excluding hydrogens is 192 g/mol. The Morgan fingerprint density at radius 1 is 1.40 bits per heavy atom. The molecular formula is C11H18N2O2. The molecule has 0 saturated carbocycles. The number of hydrogen-bond donors (Lipinski definition) is 3. The van der Waals surface area contributed by atoms with E-state index in [0.29, 0.717) is 18.8 Å². The standard InChI is InChI=1S/C11H18N2O2/c1-13(6-7-14)8-11(15)9-4-2-3-5-10(9)12/h2-5,11,14-15H,6-8,12H2,1H3. The Bertz CT molecular complexity index is 304. The number of hydrogen-bond acceptors (Lipinski definition) is 4. The lowest BCUT2D eigenvalue weighted by molar-refractivity contribution is 0.115. The topological polar surface area (TPSA) is 69.7 Å². The molecule has 1 rings (SSSR count). The zero-order chi connectivity index (χ0) is 11.3. The number of aliphatic hydroxyl groups is 2. The van der Waals surface area contributed by atoms with E-state index in [2.05, 4.69) is 0 Å². The summed E-state index contributed by atoms with van der Waals surface area (Å²) in [4.78, 5) is 1.86. The highest BCUT2D eigenvalue weighted by Gasteiger charge is 2.12. The third kappa shape index (κ3) is 3.51. The molecule has 1 unspecified atom stereocenters. The van der Waals surface area contributed by atoms with E-state index in [9.17, 15) is 5.11 Å². The molecule has 1 aromatic carbocycles. The fourth-order valence-electron chi connectivity index (χ4n) is 1.47.